The zero-order valence-corrected chi connectivity index (χ0v) is 11.2. The molecule has 0 aromatic heterocycles. The standard InChI is InChI=1S/C18H18O/c1-19-18-12-5-3-8-16(18)13-15-10-6-9-14-7-2-4-11-17(14)15/h2-4,6-11H,5,12-13H2,1H3. The number of ether oxygens (including phenoxy) is 1. The van der Waals surface area contributed by atoms with Gasteiger partial charge in [-0.05, 0) is 28.3 Å². The summed E-state index contributed by atoms with van der Waals surface area (Å²) >= 11 is 0. The van der Waals surface area contributed by atoms with Crippen LogP contribution in [0.5, 0.6) is 0 Å². The fraction of sp³-hybridized carbons (Fsp3) is 0.222. The molecule has 0 radical (unpaired) electrons. The third-order valence-electron chi connectivity index (χ3n) is 3.72. The zero-order valence-electron chi connectivity index (χ0n) is 11.2. The highest BCUT2D eigenvalue weighted by Gasteiger charge is 2.10. The molecule has 0 atom stereocenters. The molecule has 0 unspecified atom stereocenters. The molecule has 0 heterocycles. The van der Waals surface area contributed by atoms with Crippen LogP contribution in [-0.4, -0.2) is 7.11 Å². The SMILES string of the molecule is COC1=C(Cc2cccc3ccccc23)C=CCC1. The van der Waals surface area contributed by atoms with Gasteiger partial charge in [0.1, 0.15) is 0 Å². The molecule has 0 fully saturated rings. The Balaban J connectivity index is 2.02. The average molecular weight is 250 g/mol. The number of allylic oxidation sites excluding steroid dienone is 4. The van der Waals surface area contributed by atoms with Crippen molar-refractivity contribution in [2.24, 2.45) is 0 Å². The Morgan fingerprint density at radius 2 is 1.89 bits per heavy atom. The minimum absolute atomic E-state index is 0.945. The molecule has 3 rings (SSSR count). The van der Waals surface area contributed by atoms with Gasteiger partial charge in [0.15, 0.2) is 0 Å². The van der Waals surface area contributed by atoms with E-state index in [2.05, 4.69) is 54.6 Å². The van der Waals surface area contributed by atoms with Crippen LogP contribution in [0, 0.1) is 0 Å². The van der Waals surface area contributed by atoms with Crippen molar-refractivity contribution in [1.82, 2.24) is 0 Å². The molecule has 0 bridgehead atoms. The minimum Gasteiger partial charge on any atom is -0.501 e. The average Bonchev–Trinajstić information content (AvgIpc) is 2.48. The number of hydrogen-bond acceptors (Lipinski definition) is 1. The lowest BCUT2D eigenvalue weighted by Crippen LogP contribution is -2.00. The van der Waals surface area contributed by atoms with Gasteiger partial charge in [-0.1, -0.05) is 54.6 Å². The van der Waals surface area contributed by atoms with Crippen molar-refractivity contribution in [1.29, 1.82) is 0 Å². The maximum atomic E-state index is 5.52. The quantitative estimate of drug-likeness (QED) is 0.771. The van der Waals surface area contributed by atoms with E-state index in [0.717, 1.165) is 25.0 Å². The van der Waals surface area contributed by atoms with Gasteiger partial charge in [0.05, 0.1) is 12.9 Å². The maximum Gasteiger partial charge on any atom is 0.0993 e. The molecule has 2 aromatic carbocycles. The predicted octanol–water partition coefficient (Wildman–Crippen LogP) is 4.63. The third kappa shape index (κ3) is 2.41. The van der Waals surface area contributed by atoms with E-state index in [9.17, 15) is 0 Å². The van der Waals surface area contributed by atoms with E-state index in [-0.39, 0.29) is 0 Å². The highest BCUT2D eigenvalue weighted by atomic mass is 16.5. The number of benzene rings is 2. The third-order valence-corrected chi connectivity index (χ3v) is 3.72. The Morgan fingerprint density at radius 1 is 1.05 bits per heavy atom. The lowest BCUT2D eigenvalue weighted by atomic mass is 9.94. The first-order valence-electron chi connectivity index (χ1n) is 6.77. The monoisotopic (exact) mass is 250 g/mol. The van der Waals surface area contributed by atoms with E-state index in [0.29, 0.717) is 0 Å². The number of hydrogen-bond donors (Lipinski definition) is 0. The largest absolute Gasteiger partial charge is 0.501 e. The van der Waals surface area contributed by atoms with E-state index in [1.807, 2.05) is 0 Å². The van der Waals surface area contributed by atoms with Crippen molar-refractivity contribution in [2.75, 3.05) is 7.11 Å². The molecule has 0 amide bonds. The van der Waals surface area contributed by atoms with Crippen LogP contribution in [0.3, 0.4) is 0 Å². The Kier molecular flexibility index (Phi) is 3.37. The minimum atomic E-state index is 0.945. The van der Waals surface area contributed by atoms with Gasteiger partial charge >= 0.3 is 0 Å². The number of methoxy groups -OCH3 is 1. The summed E-state index contributed by atoms with van der Waals surface area (Å²) in [6.07, 6.45) is 7.50. The summed E-state index contributed by atoms with van der Waals surface area (Å²) in [5, 5.41) is 2.64. The van der Waals surface area contributed by atoms with Crippen LogP contribution in [0.15, 0.2) is 65.9 Å². The van der Waals surface area contributed by atoms with Gasteiger partial charge in [0, 0.05) is 12.8 Å². The molecule has 0 spiro atoms. The number of rotatable bonds is 3. The summed E-state index contributed by atoms with van der Waals surface area (Å²) in [6, 6.07) is 15.1. The second-order valence-electron chi connectivity index (χ2n) is 4.91. The molecule has 19 heavy (non-hydrogen) atoms. The lowest BCUT2D eigenvalue weighted by Gasteiger charge is -2.15. The van der Waals surface area contributed by atoms with Gasteiger partial charge < -0.3 is 4.74 Å². The molecule has 2 aromatic rings. The molecular weight excluding hydrogens is 232 g/mol. The molecule has 0 saturated heterocycles. The maximum absolute atomic E-state index is 5.52. The van der Waals surface area contributed by atoms with Gasteiger partial charge in [-0.2, -0.15) is 0 Å². The summed E-state index contributed by atoms with van der Waals surface area (Å²) in [5.74, 6) is 1.13. The summed E-state index contributed by atoms with van der Waals surface area (Å²) in [4.78, 5) is 0. The van der Waals surface area contributed by atoms with Crippen LogP contribution in [0.2, 0.25) is 0 Å². The van der Waals surface area contributed by atoms with Crippen LogP contribution >= 0.6 is 0 Å². The van der Waals surface area contributed by atoms with Crippen LogP contribution in [0.1, 0.15) is 18.4 Å². The highest BCUT2D eigenvalue weighted by Crippen LogP contribution is 2.26. The first-order chi connectivity index (χ1) is 9.38. The summed E-state index contributed by atoms with van der Waals surface area (Å²) < 4.78 is 5.52. The van der Waals surface area contributed by atoms with Crippen molar-refractivity contribution >= 4 is 10.8 Å². The van der Waals surface area contributed by atoms with Gasteiger partial charge in [-0.3, -0.25) is 0 Å². The first kappa shape index (κ1) is 12.0. The smallest absolute Gasteiger partial charge is 0.0993 e. The molecular formula is C18H18O. The Morgan fingerprint density at radius 3 is 2.79 bits per heavy atom. The van der Waals surface area contributed by atoms with E-state index in [1.54, 1.807) is 7.11 Å². The van der Waals surface area contributed by atoms with Crippen molar-refractivity contribution in [2.45, 2.75) is 19.3 Å². The Bertz CT molecular complexity index is 644. The van der Waals surface area contributed by atoms with Crippen molar-refractivity contribution in [3.8, 4) is 0 Å². The summed E-state index contributed by atoms with van der Waals surface area (Å²) in [7, 11) is 1.78. The fourth-order valence-electron chi connectivity index (χ4n) is 2.74. The lowest BCUT2D eigenvalue weighted by molar-refractivity contribution is 0.272. The predicted molar refractivity (Wildman–Crippen MR) is 80.1 cm³/mol. The second-order valence-corrected chi connectivity index (χ2v) is 4.91. The van der Waals surface area contributed by atoms with E-state index >= 15 is 0 Å². The van der Waals surface area contributed by atoms with Gasteiger partial charge in [-0.25, -0.2) is 0 Å². The Hall–Kier alpha value is -2.02. The molecule has 96 valence electrons. The van der Waals surface area contributed by atoms with Crippen molar-refractivity contribution in [3.05, 3.63) is 71.5 Å². The Labute approximate surface area is 114 Å². The summed E-state index contributed by atoms with van der Waals surface area (Å²) in [5.41, 5.74) is 2.68. The van der Waals surface area contributed by atoms with Gasteiger partial charge in [0.25, 0.3) is 0 Å². The summed E-state index contributed by atoms with van der Waals surface area (Å²) in [6.45, 7) is 0. The molecule has 0 saturated carbocycles. The first-order valence-corrected chi connectivity index (χ1v) is 6.77. The number of fused-ring (bicyclic) bond motifs is 1. The van der Waals surface area contributed by atoms with Crippen molar-refractivity contribution in [3.63, 3.8) is 0 Å². The van der Waals surface area contributed by atoms with E-state index < -0.39 is 0 Å². The molecule has 1 aliphatic carbocycles. The molecule has 1 heteroatoms. The topological polar surface area (TPSA) is 9.23 Å². The van der Waals surface area contributed by atoms with Gasteiger partial charge in [-0.15, -0.1) is 0 Å². The van der Waals surface area contributed by atoms with Crippen LogP contribution in [0.4, 0.5) is 0 Å². The van der Waals surface area contributed by atoms with Crippen LogP contribution < -0.4 is 0 Å². The second kappa shape index (κ2) is 5.31. The van der Waals surface area contributed by atoms with Crippen LogP contribution in [0.25, 0.3) is 10.8 Å². The zero-order chi connectivity index (χ0) is 13.1. The van der Waals surface area contributed by atoms with Gasteiger partial charge in [0.2, 0.25) is 0 Å². The molecule has 0 N–H and O–H groups in total. The highest BCUT2D eigenvalue weighted by molar-refractivity contribution is 5.86. The van der Waals surface area contributed by atoms with E-state index in [1.165, 1.54) is 21.9 Å². The molecule has 1 nitrogen and oxygen atoms in total. The fourth-order valence-corrected chi connectivity index (χ4v) is 2.74. The van der Waals surface area contributed by atoms with Crippen molar-refractivity contribution < 1.29 is 4.74 Å². The molecule has 0 aliphatic heterocycles. The molecule has 1 aliphatic rings. The normalized spacial score (nSPS) is 15.0. The van der Waals surface area contributed by atoms with Crippen LogP contribution in [-0.2, 0) is 11.2 Å². The van der Waals surface area contributed by atoms with E-state index in [4.69, 9.17) is 4.74 Å².